The molecule has 10 heteroatoms. The lowest BCUT2D eigenvalue weighted by molar-refractivity contribution is -0.146. The summed E-state index contributed by atoms with van der Waals surface area (Å²) in [7, 11) is 1.98. The van der Waals surface area contributed by atoms with E-state index < -0.39 is 17.4 Å². The van der Waals surface area contributed by atoms with Gasteiger partial charge in [-0.25, -0.2) is 4.79 Å². The highest BCUT2D eigenvalue weighted by Crippen LogP contribution is 2.53. The Kier molecular flexibility index (Phi) is 9.04. The first-order chi connectivity index (χ1) is 20.2. The number of allylic oxidation sites excluding steroid dienone is 3. The number of hydrogen-bond acceptors (Lipinski definition) is 7. The molecule has 1 atom stereocenters. The van der Waals surface area contributed by atoms with Gasteiger partial charge in [0.15, 0.2) is 5.78 Å². The number of ketones is 1. The summed E-state index contributed by atoms with van der Waals surface area (Å²) in [6.07, 6.45) is 13.6. The van der Waals surface area contributed by atoms with Crippen LogP contribution in [0.15, 0.2) is 71.9 Å². The van der Waals surface area contributed by atoms with E-state index >= 15 is 0 Å². The van der Waals surface area contributed by atoms with Gasteiger partial charge in [-0.15, -0.1) is 0 Å². The third-order valence-electron chi connectivity index (χ3n) is 8.10. The van der Waals surface area contributed by atoms with Gasteiger partial charge in [0, 0.05) is 49.4 Å². The van der Waals surface area contributed by atoms with Crippen LogP contribution in [0.3, 0.4) is 0 Å². The van der Waals surface area contributed by atoms with Crippen LogP contribution in [-0.4, -0.2) is 53.8 Å². The fourth-order valence-electron chi connectivity index (χ4n) is 6.03. The summed E-state index contributed by atoms with van der Waals surface area (Å²) >= 11 is 12.2. The number of esters is 1. The second-order valence-corrected chi connectivity index (χ2v) is 11.8. The molecule has 2 heterocycles. The summed E-state index contributed by atoms with van der Waals surface area (Å²) in [6, 6.07) is 6.52. The highest BCUT2D eigenvalue weighted by molar-refractivity contribution is 6.40. The molecule has 1 spiro atoms. The molecule has 3 aliphatic rings. The van der Waals surface area contributed by atoms with Gasteiger partial charge in [-0.3, -0.25) is 14.6 Å². The maximum absolute atomic E-state index is 13.7. The minimum Gasteiger partial charge on any atom is -0.464 e. The molecule has 5 rings (SSSR count). The zero-order valence-electron chi connectivity index (χ0n) is 23.7. The minimum atomic E-state index is -0.686. The molecule has 1 fully saturated rings. The van der Waals surface area contributed by atoms with Gasteiger partial charge >= 0.3 is 5.97 Å². The normalized spacial score (nSPS) is 18.3. The Morgan fingerprint density at radius 1 is 1.10 bits per heavy atom. The van der Waals surface area contributed by atoms with E-state index in [9.17, 15) is 14.4 Å². The van der Waals surface area contributed by atoms with E-state index in [1.807, 2.05) is 42.4 Å². The van der Waals surface area contributed by atoms with Gasteiger partial charge in [0.1, 0.15) is 6.04 Å². The van der Waals surface area contributed by atoms with Crippen molar-refractivity contribution in [2.24, 2.45) is 5.41 Å². The Bertz CT molecular complexity index is 1460. The van der Waals surface area contributed by atoms with Crippen molar-refractivity contribution in [3.05, 3.63) is 93.0 Å². The number of nitrogens with one attached hydrogen (secondary N) is 2. The molecule has 1 aromatic heterocycles. The Hall–Kier alpha value is -3.62. The molecule has 8 nitrogen and oxygen atoms in total. The van der Waals surface area contributed by atoms with Crippen molar-refractivity contribution >= 4 is 46.5 Å². The summed E-state index contributed by atoms with van der Waals surface area (Å²) in [5.74, 6) is -0.643. The number of carbonyl (C=O) groups is 3. The number of aromatic nitrogens is 1. The number of anilines is 1. The Balaban J connectivity index is 1.38. The molecule has 1 aromatic carbocycles. The zero-order chi connectivity index (χ0) is 29.9. The molecule has 1 amide bonds. The van der Waals surface area contributed by atoms with E-state index in [2.05, 4.69) is 15.6 Å². The van der Waals surface area contributed by atoms with Crippen molar-refractivity contribution in [3.63, 3.8) is 0 Å². The van der Waals surface area contributed by atoms with Crippen molar-refractivity contribution in [2.45, 2.75) is 51.5 Å². The van der Waals surface area contributed by atoms with Gasteiger partial charge in [0.25, 0.3) is 5.91 Å². The topological polar surface area (TPSA) is 101 Å². The minimum absolute atomic E-state index is 0.148. The van der Waals surface area contributed by atoms with E-state index in [0.29, 0.717) is 24.2 Å². The van der Waals surface area contributed by atoms with Gasteiger partial charge < -0.3 is 20.3 Å². The molecule has 0 bridgehead atoms. The lowest BCUT2D eigenvalue weighted by atomic mass is 9.57. The zero-order valence-corrected chi connectivity index (χ0v) is 25.2. The molecule has 0 radical (unpaired) electrons. The lowest BCUT2D eigenvalue weighted by Gasteiger charge is -2.48. The first kappa shape index (κ1) is 29.9. The first-order valence-corrected chi connectivity index (χ1v) is 15.0. The van der Waals surface area contributed by atoms with Crippen molar-refractivity contribution in [2.75, 3.05) is 25.5 Å². The molecular weight excluding hydrogens is 575 g/mol. The Morgan fingerprint density at radius 3 is 2.43 bits per heavy atom. The number of halogens is 2. The average Bonchev–Trinajstić information content (AvgIpc) is 2.97. The Labute approximate surface area is 255 Å². The molecule has 1 aliphatic heterocycles. The number of ether oxygens (including phenoxy) is 1. The number of benzene rings is 1. The molecule has 2 aliphatic carbocycles. The van der Waals surface area contributed by atoms with Crippen molar-refractivity contribution in [1.29, 1.82) is 0 Å². The van der Waals surface area contributed by atoms with Crippen LogP contribution in [0.2, 0.25) is 10.0 Å². The number of hydrogen-bond donors (Lipinski definition) is 2. The summed E-state index contributed by atoms with van der Waals surface area (Å²) in [5.41, 5.74) is 3.52. The van der Waals surface area contributed by atoms with Crippen LogP contribution >= 0.6 is 23.2 Å². The molecule has 0 unspecified atom stereocenters. The smallest absolute Gasteiger partial charge is 0.328 e. The van der Waals surface area contributed by atoms with Crippen LogP contribution in [0.5, 0.6) is 0 Å². The number of carbonyl (C=O) groups excluding carboxylic acids is 3. The number of rotatable bonds is 9. The quantitative estimate of drug-likeness (QED) is 0.343. The highest BCUT2D eigenvalue weighted by Gasteiger charge is 2.55. The van der Waals surface area contributed by atoms with E-state index in [4.69, 9.17) is 27.9 Å². The fourth-order valence-corrected chi connectivity index (χ4v) is 6.56. The third kappa shape index (κ3) is 5.96. The number of Topliss-reactive ketones (excluding diaryl/α,β-unsaturated/α-hetero) is 1. The maximum atomic E-state index is 13.7. The van der Waals surface area contributed by atoms with Crippen molar-refractivity contribution in [3.8, 4) is 0 Å². The van der Waals surface area contributed by atoms with E-state index in [1.54, 1.807) is 19.1 Å². The predicted octanol–water partition coefficient (Wildman–Crippen LogP) is 5.88. The third-order valence-corrected chi connectivity index (χ3v) is 8.67. The van der Waals surface area contributed by atoms with E-state index in [0.717, 1.165) is 48.9 Å². The summed E-state index contributed by atoms with van der Waals surface area (Å²) < 4.78 is 5.46. The van der Waals surface area contributed by atoms with Gasteiger partial charge in [-0.1, -0.05) is 60.7 Å². The van der Waals surface area contributed by atoms with Crippen LogP contribution in [-0.2, 0) is 20.7 Å². The number of nitrogens with zero attached hydrogens (tertiary/aromatic N) is 2. The molecule has 220 valence electrons. The van der Waals surface area contributed by atoms with E-state index in [-0.39, 0.29) is 34.0 Å². The first-order valence-electron chi connectivity index (χ1n) is 14.2. The van der Waals surface area contributed by atoms with Crippen LogP contribution in [0.25, 0.3) is 0 Å². The highest BCUT2D eigenvalue weighted by atomic mass is 35.5. The second kappa shape index (κ2) is 12.7. The Morgan fingerprint density at radius 2 is 1.79 bits per heavy atom. The lowest BCUT2D eigenvalue weighted by Crippen LogP contribution is -2.55. The van der Waals surface area contributed by atoms with Gasteiger partial charge in [-0.05, 0) is 55.3 Å². The summed E-state index contributed by atoms with van der Waals surface area (Å²) in [5, 5.41) is 6.63. The standard InChI is InChI=1S/C32H34Cl2N4O4/c1-3-42-31(41)25(16-20-9-11-22(12-10-20)36-30(40)27-23(33)17-35-18-24(27)34)37-28-26(21-8-7-15-38(2)19-21)29(39)32(28)13-5-4-6-14-32/h7-12,15,17-18,25,37H,3-6,13-14,16,19H2,1-2H3,(H,36,40)/t25-/m0/s1. The monoisotopic (exact) mass is 608 g/mol. The predicted molar refractivity (Wildman–Crippen MR) is 163 cm³/mol. The van der Waals surface area contributed by atoms with Crippen LogP contribution in [0, 0.1) is 5.41 Å². The molecular formula is C32H34Cl2N4O4. The van der Waals surface area contributed by atoms with Crippen LogP contribution in [0.1, 0.15) is 54.9 Å². The maximum Gasteiger partial charge on any atom is 0.328 e. The summed E-state index contributed by atoms with van der Waals surface area (Å²) in [4.78, 5) is 45.6. The average molecular weight is 610 g/mol. The molecule has 2 N–H and O–H groups in total. The van der Waals surface area contributed by atoms with Crippen LogP contribution in [0.4, 0.5) is 5.69 Å². The van der Waals surface area contributed by atoms with Gasteiger partial charge in [0.2, 0.25) is 0 Å². The fraction of sp³-hybridized carbons (Fsp3) is 0.375. The SMILES string of the molecule is CCOC(=O)[C@H](Cc1ccc(NC(=O)c2c(Cl)cncc2Cl)cc1)NC1=C(C2=CC=CN(C)C2)C(=O)C12CCCCC2. The molecule has 2 aromatic rings. The summed E-state index contributed by atoms with van der Waals surface area (Å²) in [6.45, 7) is 2.66. The van der Waals surface area contributed by atoms with E-state index in [1.165, 1.54) is 12.4 Å². The van der Waals surface area contributed by atoms with Gasteiger partial charge in [-0.2, -0.15) is 0 Å². The largest absolute Gasteiger partial charge is 0.464 e. The number of amides is 1. The second-order valence-electron chi connectivity index (χ2n) is 11.0. The number of likely N-dealkylation sites (N-methyl/N-ethyl adjacent to an activating group) is 1. The molecule has 1 saturated carbocycles. The number of pyridine rings is 1. The molecule has 42 heavy (non-hydrogen) atoms. The molecule has 0 saturated heterocycles. The van der Waals surface area contributed by atoms with Crippen LogP contribution < -0.4 is 10.6 Å². The van der Waals surface area contributed by atoms with Crippen molar-refractivity contribution < 1.29 is 19.1 Å². The van der Waals surface area contributed by atoms with Gasteiger partial charge in [0.05, 0.1) is 27.6 Å². The van der Waals surface area contributed by atoms with Crippen molar-refractivity contribution in [1.82, 2.24) is 15.2 Å².